The minimum absolute atomic E-state index is 0.101. The Balaban J connectivity index is 1.04. The molecule has 5 fully saturated rings. The zero-order valence-electron chi connectivity index (χ0n) is 23.8. The molecule has 220 valence electrons. The fraction of sp³-hybridized carbons (Fsp3) is 0.750. The number of piperazine rings is 1. The van der Waals surface area contributed by atoms with Crippen LogP contribution >= 0.6 is 0 Å². The highest BCUT2D eigenvalue weighted by molar-refractivity contribution is 5.94. The van der Waals surface area contributed by atoms with Crippen LogP contribution in [0.3, 0.4) is 0 Å². The summed E-state index contributed by atoms with van der Waals surface area (Å²) in [7, 11) is 0. The lowest BCUT2D eigenvalue weighted by molar-refractivity contribution is -0.157. The van der Waals surface area contributed by atoms with Crippen molar-refractivity contribution < 1.29 is 27.9 Å². The van der Waals surface area contributed by atoms with Crippen molar-refractivity contribution in [1.29, 1.82) is 0 Å². The number of carbonyl (C=O) groups excluding carboxylic acids is 2. The Labute approximate surface area is 235 Å². The minimum Gasteiger partial charge on any atom is -0.389 e. The van der Waals surface area contributed by atoms with E-state index in [0.29, 0.717) is 62.2 Å². The smallest absolute Gasteiger partial charge is 0.389 e. The van der Waals surface area contributed by atoms with Gasteiger partial charge in [-0.05, 0) is 105 Å². The number of halogens is 3. The minimum atomic E-state index is -4.42. The molecule has 0 radical (unpaired) electrons. The van der Waals surface area contributed by atoms with Gasteiger partial charge >= 0.3 is 6.18 Å². The molecule has 5 nitrogen and oxygen atoms in total. The third-order valence-corrected chi connectivity index (χ3v) is 12.2. The predicted octanol–water partition coefficient (Wildman–Crippen LogP) is 5.81. The highest BCUT2D eigenvalue weighted by atomic mass is 19.4. The van der Waals surface area contributed by atoms with Gasteiger partial charge in [-0.3, -0.25) is 14.5 Å². The van der Waals surface area contributed by atoms with Crippen LogP contribution in [0.15, 0.2) is 24.3 Å². The van der Waals surface area contributed by atoms with Crippen molar-refractivity contribution in [3.8, 4) is 0 Å². The standard InChI is InChI=1S/C32H43F3N2O3/c1-29-13-14-31(40,19-23(29)7-8-24-25-9-10-27(38)30(25,2)12-11-26(24)29)20-36-15-17-37(18-16-36)28(39)21-3-5-22(6-4-21)32(33,34)35/h3-6,23-26,40H,7-20H2,1-2H3/t23-,24-,25-,26-,29-,30-,31+/m0/s1. The van der Waals surface area contributed by atoms with E-state index in [1.54, 1.807) is 4.90 Å². The van der Waals surface area contributed by atoms with Gasteiger partial charge in [0, 0.05) is 50.1 Å². The maximum Gasteiger partial charge on any atom is 0.416 e. The number of fused-ring (bicyclic) bond motifs is 5. The van der Waals surface area contributed by atoms with Crippen LogP contribution < -0.4 is 0 Å². The van der Waals surface area contributed by atoms with Gasteiger partial charge in [0.15, 0.2) is 0 Å². The van der Waals surface area contributed by atoms with Crippen molar-refractivity contribution in [2.45, 2.75) is 83.4 Å². The number of β-amino-alcohol motifs (C(OH)–C–C–N with tert-alkyl or cyclic N) is 1. The third-order valence-electron chi connectivity index (χ3n) is 12.2. The summed E-state index contributed by atoms with van der Waals surface area (Å²) in [5, 5.41) is 11.8. The number of nitrogens with zero attached hydrogens (tertiary/aromatic N) is 2. The molecule has 1 aliphatic heterocycles. The Kier molecular flexibility index (Phi) is 6.93. The predicted molar refractivity (Wildman–Crippen MR) is 145 cm³/mol. The second-order valence-corrected chi connectivity index (χ2v) is 14.1. The number of ketones is 1. The molecule has 1 N–H and O–H groups in total. The lowest BCUT2D eigenvalue weighted by Gasteiger charge is -2.61. The molecule has 40 heavy (non-hydrogen) atoms. The van der Waals surface area contributed by atoms with E-state index in [1.807, 2.05) is 0 Å². The number of aliphatic hydroxyl groups is 1. The Bertz CT molecular complexity index is 1150. The van der Waals surface area contributed by atoms with Gasteiger partial charge in [0.05, 0.1) is 11.2 Å². The van der Waals surface area contributed by atoms with Gasteiger partial charge < -0.3 is 10.0 Å². The van der Waals surface area contributed by atoms with Crippen molar-refractivity contribution >= 4 is 11.7 Å². The Morgan fingerprint density at radius 2 is 1.65 bits per heavy atom. The van der Waals surface area contributed by atoms with E-state index in [2.05, 4.69) is 18.7 Å². The van der Waals surface area contributed by atoms with Crippen molar-refractivity contribution in [2.75, 3.05) is 32.7 Å². The summed E-state index contributed by atoms with van der Waals surface area (Å²) in [4.78, 5) is 29.6. The lowest BCUT2D eigenvalue weighted by Crippen LogP contribution is -2.59. The molecular formula is C32H43F3N2O3. The highest BCUT2D eigenvalue weighted by Gasteiger charge is 2.61. The summed E-state index contributed by atoms with van der Waals surface area (Å²) in [5.74, 6) is 2.58. The molecule has 1 aromatic carbocycles. The zero-order valence-corrected chi connectivity index (χ0v) is 23.8. The third kappa shape index (κ3) is 4.71. The molecule has 5 aliphatic rings. The summed E-state index contributed by atoms with van der Waals surface area (Å²) in [6, 6.07) is 4.43. The first kappa shape index (κ1) is 28.2. The van der Waals surface area contributed by atoms with Crippen molar-refractivity contribution in [1.82, 2.24) is 9.80 Å². The Hall–Kier alpha value is -1.93. The zero-order chi connectivity index (χ0) is 28.5. The second kappa shape index (κ2) is 9.82. The Morgan fingerprint density at radius 3 is 2.33 bits per heavy atom. The number of alkyl halides is 3. The fourth-order valence-corrected chi connectivity index (χ4v) is 9.75. The average Bonchev–Trinajstić information content (AvgIpc) is 3.23. The van der Waals surface area contributed by atoms with E-state index in [-0.39, 0.29) is 22.3 Å². The first-order valence-electron chi connectivity index (χ1n) is 15.3. The maximum atomic E-state index is 12.9. The molecule has 1 saturated heterocycles. The molecule has 0 spiro atoms. The molecule has 1 heterocycles. The number of hydrogen-bond donors (Lipinski definition) is 1. The van der Waals surface area contributed by atoms with E-state index in [4.69, 9.17) is 0 Å². The van der Waals surface area contributed by atoms with Crippen LogP contribution in [0.25, 0.3) is 0 Å². The van der Waals surface area contributed by atoms with E-state index < -0.39 is 17.3 Å². The van der Waals surface area contributed by atoms with E-state index >= 15 is 0 Å². The van der Waals surface area contributed by atoms with Crippen molar-refractivity contribution in [3.05, 3.63) is 35.4 Å². The quantitative estimate of drug-likeness (QED) is 0.507. The van der Waals surface area contributed by atoms with Gasteiger partial charge in [-0.25, -0.2) is 0 Å². The van der Waals surface area contributed by atoms with Crippen LogP contribution in [0.4, 0.5) is 13.2 Å². The topological polar surface area (TPSA) is 60.9 Å². The van der Waals surface area contributed by atoms with Crippen molar-refractivity contribution in [2.24, 2.45) is 34.5 Å². The van der Waals surface area contributed by atoms with Crippen LogP contribution in [0.5, 0.6) is 0 Å². The Morgan fingerprint density at radius 1 is 0.950 bits per heavy atom. The van der Waals surface area contributed by atoms with Gasteiger partial charge in [0.2, 0.25) is 0 Å². The van der Waals surface area contributed by atoms with Gasteiger partial charge in [-0.15, -0.1) is 0 Å². The summed E-state index contributed by atoms with van der Waals surface area (Å²) in [6.45, 7) is 7.60. The van der Waals surface area contributed by atoms with Crippen LogP contribution in [0.1, 0.15) is 87.6 Å². The monoisotopic (exact) mass is 560 g/mol. The van der Waals surface area contributed by atoms with Crippen LogP contribution in [-0.4, -0.2) is 64.9 Å². The maximum absolute atomic E-state index is 12.9. The summed E-state index contributed by atoms with van der Waals surface area (Å²) < 4.78 is 38.6. The molecule has 1 amide bonds. The molecule has 0 aromatic heterocycles. The summed E-state index contributed by atoms with van der Waals surface area (Å²) in [5.41, 5.74) is -1.09. The fourth-order valence-electron chi connectivity index (χ4n) is 9.75. The summed E-state index contributed by atoms with van der Waals surface area (Å²) in [6.07, 6.45) is 4.52. The van der Waals surface area contributed by atoms with Gasteiger partial charge in [0.1, 0.15) is 5.78 Å². The number of hydrogen-bond acceptors (Lipinski definition) is 4. The number of amides is 1. The largest absolute Gasteiger partial charge is 0.416 e. The molecule has 1 aromatic rings. The molecule has 0 unspecified atom stereocenters. The first-order valence-corrected chi connectivity index (χ1v) is 15.3. The number of Topliss-reactive ketones (excluding diaryl/α,β-unsaturated/α-hetero) is 1. The van der Waals surface area contributed by atoms with Crippen LogP contribution in [0, 0.1) is 34.5 Å². The highest BCUT2D eigenvalue weighted by Crippen LogP contribution is 2.66. The molecule has 0 bridgehead atoms. The van der Waals surface area contributed by atoms with E-state index in [1.165, 1.54) is 18.6 Å². The first-order chi connectivity index (χ1) is 18.8. The van der Waals surface area contributed by atoms with Crippen LogP contribution in [0.2, 0.25) is 0 Å². The lowest BCUT2D eigenvalue weighted by atomic mass is 9.44. The SMILES string of the molecule is C[C@]12CC[C@](O)(CN3CCN(C(=O)c4ccc(C(F)(F)F)cc4)CC3)C[C@@H]1CC[C@@H]1[C@@H]2CC[C@]2(C)C(=O)CC[C@@H]12. The normalized spacial score (nSPS) is 40.4. The van der Waals surface area contributed by atoms with E-state index in [9.17, 15) is 27.9 Å². The molecule has 6 rings (SSSR count). The number of rotatable bonds is 3. The van der Waals surface area contributed by atoms with E-state index in [0.717, 1.165) is 63.5 Å². The number of carbonyl (C=O) groups is 2. The van der Waals surface area contributed by atoms with Crippen LogP contribution in [-0.2, 0) is 11.0 Å². The van der Waals surface area contributed by atoms with Gasteiger partial charge in [-0.2, -0.15) is 13.2 Å². The molecule has 8 heteroatoms. The molecular weight excluding hydrogens is 517 g/mol. The second-order valence-electron chi connectivity index (χ2n) is 14.1. The molecule has 4 saturated carbocycles. The molecule has 7 atom stereocenters. The van der Waals surface area contributed by atoms with Gasteiger partial charge in [0.25, 0.3) is 5.91 Å². The summed E-state index contributed by atoms with van der Waals surface area (Å²) >= 11 is 0. The molecule has 4 aliphatic carbocycles. The number of benzene rings is 1. The van der Waals surface area contributed by atoms with Gasteiger partial charge in [-0.1, -0.05) is 13.8 Å². The van der Waals surface area contributed by atoms with Crippen molar-refractivity contribution in [3.63, 3.8) is 0 Å². The average molecular weight is 561 g/mol.